The molecule has 4 heterocycles. The van der Waals surface area contributed by atoms with Gasteiger partial charge in [0.15, 0.2) is 0 Å². The zero-order chi connectivity index (χ0) is 17.4. The van der Waals surface area contributed by atoms with Crippen molar-refractivity contribution in [2.45, 2.75) is 43.8 Å². The number of carbonyl (C=O) groups is 1. The standard InChI is InChI=1S/C17H27N5O3/c18-16(23)20-6-1-3-13(9-20)19-5-2-4-14(10-19)21-7-8-22(17(21)24)15-11-25-12-15/h7-8,13-15H,1-6,9-12H2,(H2,18,23). The topological polar surface area (TPSA) is 85.7 Å². The lowest BCUT2D eigenvalue weighted by atomic mass is 9.98. The lowest BCUT2D eigenvalue weighted by molar-refractivity contribution is -0.0252. The van der Waals surface area contributed by atoms with Crippen molar-refractivity contribution in [3.8, 4) is 0 Å². The van der Waals surface area contributed by atoms with Gasteiger partial charge in [-0.3, -0.25) is 14.0 Å². The Labute approximate surface area is 147 Å². The number of nitrogens with zero attached hydrogens (tertiary/aromatic N) is 4. The molecule has 8 nitrogen and oxygen atoms in total. The van der Waals surface area contributed by atoms with E-state index in [1.807, 2.05) is 17.0 Å². The first-order valence-corrected chi connectivity index (χ1v) is 9.28. The van der Waals surface area contributed by atoms with E-state index in [0.717, 1.165) is 45.3 Å². The average molecular weight is 349 g/mol. The van der Waals surface area contributed by atoms with Gasteiger partial charge in [0.05, 0.1) is 25.3 Å². The lowest BCUT2D eigenvalue weighted by Gasteiger charge is -2.42. The molecule has 0 aliphatic carbocycles. The number of nitrogens with two attached hydrogens (primary N) is 1. The largest absolute Gasteiger partial charge is 0.377 e. The van der Waals surface area contributed by atoms with Crippen molar-refractivity contribution in [1.29, 1.82) is 0 Å². The van der Waals surface area contributed by atoms with Crippen molar-refractivity contribution in [1.82, 2.24) is 18.9 Å². The highest BCUT2D eigenvalue weighted by Gasteiger charge is 2.32. The van der Waals surface area contributed by atoms with Crippen LogP contribution in [0.15, 0.2) is 17.2 Å². The van der Waals surface area contributed by atoms with Crippen molar-refractivity contribution in [2.75, 3.05) is 39.4 Å². The van der Waals surface area contributed by atoms with Gasteiger partial charge in [-0.25, -0.2) is 9.59 Å². The SMILES string of the molecule is NC(=O)N1CCCC(N2CCCC(n3ccn(C4COC4)c3=O)C2)C1. The highest BCUT2D eigenvalue weighted by molar-refractivity contribution is 5.72. The number of primary amides is 1. The first-order chi connectivity index (χ1) is 12.1. The van der Waals surface area contributed by atoms with E-state index in [1.165, 1.54) is 0 Å². The summed E-state index contributed by atoms with van der Waals surface area (Å²) in [5.74, 6) is 0. The molecule has 0 saturated carbocycles. The smallest absolute Gasteiger partial charge is 0.328 e. The molecule has 3 saturated heterocycles. The summed E-state index contributed by atoms with van der Waals surface area (Å²) in [6.45, 7) is 4.62. The second-order valence-corrected chi connectivity index (χ2v) is 7.46. The molecule has 1 aromatic heterocycles. The van der Waals surface area contributed by atoms with Crippen molar-refractivity contribution >= 4 is 6.03 Å². The molecule has 0 spiro atoms. The van der Waals surface area contributed by atoms with Gasteiger partial charge in [0.1, 0.15) is 0 Å². The molecule has 0 aromatic carbocycles. The summed E-state index contributed by atoms with van der Waals surface area (Å²) in [4.78, 5) is 28.4. The van der Waals surface area contributed by atoms with E-state index in [2.05, 4.69) is 4.90 Å². The predicted octanol–water partition coefficient (Wildman–Crippen LogP) is 0.401. The summed E-state index contributed by atoms with van der Waals surface area (Å²) in [5, 5.41) is 0. The van der Waals surface area contributed by atoms with Gasteiger partial charge in [-0.2, -0.15) is 0 Å². The molecular formula is C17H27N5O3. The number of piperidine rings is 2. The van der Waals surface area contributed by atoms with Crippen molar-refractivity contribution < 1.29 is 9.53 Å². The maximum absolute atomic E-state index is 12.7. The van der Waals surface area contributed by atoms with E-state index >= 15 is 0 Å². The number of imidazole rings is 1. The summed E-state index contributed by atoms with van der Waals surface area (Å²) in [6.07, 6.45) is 7.99. The number of urea groups is 1. The highest BCUT2D eigenvalue weighted by Crippen LogP contribution is 2.26. The maximum atomic E-state index is 12.7. The van der Waals surface area contributed by atoms with E-state index in [4.69, 9.17) is 10.5 Å². The third-order valence-electron chi connectivity index (χ3n) is 5.89. The van der Waals surface area contributed by atoms with E-state index in [1.54, 1.807) is 9.47 Å². The molecule has 8 heteroatoms. The van der Waals surface area contributed by atoms with Crippen LogP contribution >= 0.6 is 0 Å². The molecule has 0 bridgehead atoms. The van der Waals surface area contributed by atoms with Crippen LogP contribution in [0.1, 0.15) is 37.8 Å². The molecule has 3 aliphatic rings. The minimum Gasteiger partial charge on any atom is -0.377 e. The van der Waals surface area contributed by atoms with Crippen LogP contribution in [0.2, 0.25) is 0 Å². The Morgan fingerprint density at radius 2 is 1.68 bits per heavy atom. The number of amides is 2. The Morgan fingerprint density at radius 3 is 2.36 bits per heavy atom. The van der Waals surface area contributed by atoms with Crippen LogP contribution in [0, 0.1) is 0 Å². The molecule has 0 radical (unpaired) electrons. The van der Waals surface area contributed by atoms with Gasteiger partial charge in [-0.1, -0.05) is 0 Å². The van der Waals surface area contributed by atoms with Crippen molar-refractivity contribution in [3.05, 3.63) is 22.9 Å². The number of aromatic nitrogens is 2. The zero-order valence-corrected chi connectivity index (χ0v) is 14.5. The zero-order valence-electron chi connectivity index (χ0n) is 14.5. The Morgan fingerprint density at radius 1 is 1.00 bits per heavy atom. The van der Waals surface area contributed by atoms with Crippen LogP contribution in [0.5, 0.6) is 0 Å². The van der Waals surface area contributed by atoms with Gasteiger partial charge in [0.25, 0.3) is 0 Å². The number of rotatable bonds is 3. The second-order valence-electron chi connectivity index (χ2n) is 7.46. The van der Waals surface area contributed by atoms with Crippen LogP contribution in [0.3, 0.4) is 0 Å². The van der Waals surface area contributed by atoms with Gasteiger partial charge in [0.2, 0.25) is 0 Å². The van der Waals surface area contributed by atoms with Gasteiger partial charge in [0, 0.05) is 38.1 Å². The molecule has 2 unspecified atom stereocenters. The van der Waals surface area contributed by atoms with Gasteiger partial charge in [-0.15, -0.1) is 0 Å². The predicted molar refractivity (Wildman–Crippen MR) is 92.6 cm³/mol. The van der Waals surface area contributed by atoms with Crippen LogP contribution in [0.4, 0.5) is 4.79 Å². The van der Waals surface area contributed by atoms with Crippen LogP contribution in [-0.4, -0.2) is 70.4 Å². The summed E-state index contributed by atoms with van der Waals surface area (Å²) in [5.41, 5.74) is 5.53. The monoisotopic (exact) mass is 349 g/mol. The minimum atomic E-state index is -0.325. The van der Waals surface area contributed by atoms with Crippen molar-refractivity contribution in [2.24, 2.45) is 5.73 Å². The first kappa shape index (κ1) is 16.7. The van der Waals surface area contributed by atoms with E-state index in [-0.39, 0.29) is 23.8 Å². The van der Waals surface area contributed by atoms with Gasteiger partial charge in [-0.05, 0) is 32.2 Å². The molecule has 4 rings (SSSR count). The maximum Gasteiger partial charge on any atom is 0.328 e. The second kappa shape index (κ2) is 6.84. The average Bonchev–Trinajstić information content (AvgIpc) is 2.95. The van der Waals surface area contributed by atoms with E-state index < -0.39 is 0 Å². The fourth-order valence-corrected chi connectivity index (χ4v) is 4.34. The highest BCUT2D eigenvalue weighted by atomic mass is 16.5. The lowest BCUT2D eigenvalue weighted by Crippen LogP contribution is -2.54. The molecule has 3 fully saturated rings. The Kier molecular flexibility index (Phi) is 4.56. The summed E-state index contributed by atoms with van der Waals surface area (Å²) < 4.78 is 8.90. The Bertz CT molecular complexity index is 680. The quantitative estimate of drug-likeness (QED) is 0.856. The normalized spacial score (nSPS) is 28.7. The third-order valence-corrected chi connectivity index (χ3v) is 5.89. The summed E-state index contributed by atoms with van der Waals surface area (Å²) in [6, 6.07) is 0.416. The van der Waals surface area contributed by atoms with Crippen LogP contribution < -0.4 is 11.4 Å². The number of carbonyl (C=O) groups excluding carboxylic acids is 1. The number of hydrogen-bond acceptors (Lipinski definition) is 4. The molecule has 2 amide bonds. The van der Waals surface area contributed by atoms with Crippen molar-refractivity contribution in [3.63, 3.8) is 0 Å². The molecule has 25 heavy (non-hydrogen) atoms. The first-order valence-electron chi connectivity index (χ1n) is 9.28. The van der Waals surface area contributed by atoms with E-state index in [0.29, 0.717) is 25.8 Å². The van der Waals surface area contributed by atoms with Crippen LogP contribution in [0.25, 0.3) is 0 Å². The number of hydrogen-bond donors (Lipinski definition) is 1. The Hall–Kier alpha value is -1.80. The summed E-state index contributed by atoms with van der Waals surface area (Å²) >= 11 is 0. The summed E-state index contributed by atoms with van der Waals surface area (Å²) in [7, 11) is 0. The van der Waals surface area contributed by atoms with Crippen LogP contribution in [-0.2, 0) is 4.74 Å². The van der Waals surface area contributed by atoms with Gasteiger partial charge < -0.3 is 15.4 Å². The molecule has 1 aromatic rings. The molecule has 2 N–H and O–H groups in total. The third kappa shape index (κ3) is 3.20. The minimum absolute atomic E-state index is 0.0718. The number of ether oxygens (including phenoxy) is 1. The molecule has 138 valence electrons. The van der Waals surface area contributed by atoms with Gasteiger partial charge >= 0.3 is 11.7 Å². The van der Waals surface area contributed by atoms with E-state index in [9.17, 15) is 9.59 Å². The molecule has 3 aliphatic heterocycles. The molecular weight excluding hydrogens is 322 g/mol. The fraction of sp³-hybridized carbons (Fsp3) is 0.765. The Balaban J connectivity index is 1.45. The fourth-order valence-electron chi connectivity index (χ4n) is 4.34. The molecule has 2 atom stereocenters. The number of likely N-dealkylation sites (tertiary alicyclic amines) is 2.